The fourth-order valence-corrected chi connectivity index (χ4v) is 5.96. The Bertz CT molecular complexity index is 1660. The molecule has 2 heterocycles. The maximum atomic E-state index is 2.40. The second-order valence-electron chi connectivity index (χ2n) is 10.1. The summed E-state index contributed by atoms with van der Waals surface area (Å²) >= 11 is 0. The Kier molecular flexibility index (Phi) is 7.10. The standard InChI is InChI=1S/C37H35N2/c1-3-38-33(24-20-28-12-8-10-16-35(28)38)26-22-31-18-19-32(37(31)30-14-6-5-7-15-30)23-27-34-25-21-29-13-9-11-17-36(29)39(34)4-2/h5-17,20-27H,3-4,18-19H2,1-2H3/q+1. The molecule has 0 fully saturated rings. The summed E-state index contributed by atoms with van der Waals surface area (Å²) in [4.78, 5) is 2.40. The number of likely N-dealkylation sites (N-methyl/N-ethyl adjacent to an activating group) is 1. The maximum Gasteiger partial charge on any atom is 0.212 e. The molecule has 0 spiro atoms. The average Bonchev–Trinajstić information content (AvgIpc) is 3.41. The van der Waals surface area contributed by atoms with Crippen LogP contribution in [0.15, 0.2) is 132 Å². The molecule has 1 aliphatic heterocycles. The highest BCUT2D eigenvalue weighted by Crippen LogP contribution is 2.40. The molecule has 39 heavy (non-hydrogen) atoms. The average molecular weight is 508 g/mol. The summed E-state index contributed by atoms with van der Waals surface area (Å²) in [6.07, 6.45) is 15.9. The summed E-state index contributed by atoms with van der Waals surface area (Å²) in [6, 6.07) is 32.6. The molecule has 2 aliphatic rings. The second kappa shape index (κ2) is 11.1. The summed E-state index contributed by atoms with van der Waals surface area (Å²) < 4.78 is 2.40. The van der Waals surface area contributed by atoms with Crippen LogP contribution in [-0.2, 0) is 6.54 Å². The van der Waals surface area contributed by atoms with Crippen LogP contribution >= 0.6 is 0 Å². The number of aromatic nitrogens is 1. The molecule has 0 N–H and O–H groups in total. The third-order valence-electron chi connectivity index (χ3n) is 7.86. The van der Waals surface area contributed by atoms with Gasteiger partial charge in [0.25, 0.3) is 0 Å². The summed E-state index contributed by atoms with van der Waals surface area (Å²) in [6.45, 7) is 6.32. The summed E-state index contributed by atoms with van der Waals surface area (Å²) in [5.41, 5.74) is 11.8. The maximum absolute atomic E-state index is 2.40. The van der Waals surface area contributed by atoms with Crippen molar-refractivity contribution in [2.24, 2.45) is 0 Å². The highest BCUT2D eigenvalue weighted by molar-refractivity contribution is 5.87. The molecule has 0 saturated carbocycles. The van der Waals surface area contributed by atoms with E-state index in [2.05, 4.69) is 151 Å². The number of fused-ring (bicyclic) bond motifs is 2. The van der Waals surface area contributed by atoms with Crippen LogP contribution in [0.5, 0.6) is 0 Å². The zero-order valence-corrected chi connectivity index (χ0v) is 22.8. The van der Waals surface area contributed by atoms with Gasteiger partial charge in [-0.1, -0.05) is 78.9 Å². The van der Waals surface area contributed by atoms with E-state index in [1.54, 1.807) is 0 Å². The van der Waals surface area contributed by atoms with Crippen molar-refractivity contribution in [1.82, 2.24) is 0 Å². The summed E-state index contributed by atoms with van der Waals surface area (Å²) in [7, 11) is 0. The Balaban J connectivity index is 1.39. The quantitative estimate of drug-likeness (QED) is 0.237. The zero-order valence-electron chi connectivity index (χ0n) is 22.8. The van der Waals surface area contributed by atoms with Crippen LogP contribution in [-0.4, -0.2) is 6.54 Å². The number of nitrogens with zero attached hydrogens (tertiary/aromatic N) is 2. The first-order valence-corrected chi connectivity index (χ1v) is 14.1. The van der Waals surface area contributed by atoms with E-state index in [-0.39, 0.29) is 0 Å². The molecule has 6 rings (SSSR count). The third kappa shape index (κ3) is 4.91. The molecule has 0 bridgehead atoms. The predicted molar refractivity (Wildman–Crippen MR) is 166 cm³/mol. The topological polar surface area (TPSA) is 7.12 Å². The number of aryl methyl sites for hydroxylation is 1. The van der Waals surface area contributed by atoms with Gasteiger partial charge in [-0.2, -0.15) is 4.57 Å². The lowest BCUT2D eigenvalue weighted by atomic mass is 9.97. The molecule has 0 radical (unpaired) electrons. The van der Waals surface area contributed by atoms with Crippen molar-refractivity contribution in [3.63, 3.8) is 0 Å². The first kappa shape index (κ1) is 24.9. The molecule has 0 saturated heterocycles. The number of allylic oxidation sites excluding steroid dienone is 7. The molecule has 3 aromatic carbocycles. The van der Waals surface area contributed by atoms with Crippen LogP contribution < -0.4 is 9.47 Å². The van der Waals surface area contributed by atoms with Crippen molar-refractivity contribution < 1.29 is 4.57 Å². The second-order valence-corrected chi connectivity index (χ2v) is 10.1. The van der Waals surface area contributed by atoms with E-state index in [4.69, 9.17) is 0 Å². The van der Waals surface area contributed by atoms with Crippen LogP contribution in [0.3, 0.4) is 0 Å². The fourth-order valence-electron chi connectivity index (χ4n) is 5.96. The molecule has 1 aromatic heterocycles. The number of benzene rings is 3. The number of hydrogen-bond donors (Lipinski definition) is 0. The number of para-hydroxylation sites is 2. The molecule has 0 amide bonds. The Labute approximate surface area is 232 Å². The van der Waals surface area contributed by atoms with Crippen LogP contribution in [0.2, 0.25) is 0 Å². The van der Waals surface area contributed by atoms with Crippen LogP contribution in [0.4, 0.5) is 5.69 Å². The van der Waals surface area contributed by atoms with Gasteiger partial charge >= 0.3 is 0 Å². The number of hydrogen-bond acceptors (Lipinski definition) is 1. The minimum Gasteiger partial charge on any atom is -0.341 e. The van der Waals surface area contributed by atoms with Crippen LogP contribution in [0, 0.1) is 0 Å². The molecule has 2 heteroatoms. The van der Waals surface area contributed by atoms with Gasteiger partial charge < -0.3 is 4.90 Å². The predicted octanol–water partition coefficient (Wildman–Crippen LogP) is 8.77. The Morgan fingerprint density at radius 1 is 0.744 bits per heavy atom. The van der Waals surface area contributed by atoms with E-state index in [1.807, 2.05) is 0 Å². The summed E-state index contributed by atoms with van der Waals surface area (Å²) in [5.74, 6) is 0. The molecule has 2 nitrogen and oxygen atoms in total. The van der Waals surface area contributed by atoms with Gasteiger partial charge in [-0.05, 0) is 84.9 Å². The largest absolute Gasteiger partial charge is 0.341 e. The van der Waals surface area contributed by atoms with E-state index < -0.39 is 0 Å². The fraction of sp³-hybridized carbons (Fsp3) is 0.162. The van der Waals surface area contributed by atoms with Gasteiger partial charge in [-0.15, -0.1) is 0 Å². The van der Waals surface area contributed by atoms with E-state index in [0.717, 1.165) is 25.9 Å². The highest BCUT2D eigenvalue weighted by atomic mass is 15.1. The van der Waals surface area contributed by atoms with Crippen molar-refractivity contribution in [1.29, 1.82) is 0 Å². The van der Waals surface area contributed by atoms with Crippen molar-refractivity contribution in [2.45, 2.75) is 33.2 Å². The number of anilines is 1. The molecule has 1 aliphatic carbocycles. The van der Waals surface area contributed by atoms with E-state index in [9.17, 15) is 0 Å². The van der Waals surface area contributed by atoms with Gasteiger partial charge in [0.05, 0.1) is 0 Å². The number of rotatable bonds is 6. The smallest absolute Gasteiger partial charge is 0.212 e. The van der Waals surface area contributed by atoms with Crippen molar-refractivity contribution in [2.75, 3.05) is 11.4 Å². The van der Waals surface area contributed by atoms with Gasteiger partial charge in [0.15, 0.2) is 0 Å². The molecule has 192 valence electrons. The monoisotopic (exact) mass is 507 g/mol. The van der Waals surface area contributed by atoms with E-state index >= 15 is 0 Å². The van der Waals surface area contributed by atoms with Gasteiger partial charge in [-0.3, -0.25) is 0 Å². The molecular formula is C37H35N2+. The molecule has 0 unspecified atom stereocenters. The van der Waals surface area contributed by atoms with Crippen LogP contribution in [0.25, 0.3) is 28.6 Å². The Morgan fingerprint density at radius 3 is 2.38 bits per heavy atom. The van der Waals surface area contributed by atoms with Crippen molar-refractivity contribution in [3.05, 3.63) is 149 Å². The lowest BCUT2D eigenvalue weighted by molar-refractivity contribution is -0.669. The molecule has 0 atom stereocenters. The lowest BCUT2D eigenvalue weighted by Gasteiger charge is -2.29. The number of pyridine rings is 1. The normalized spacial score (nSPS) is 17.2. The zero-order chi connectivity index (χ0) is 26.6. The van der Waals surface area contributed by atoms with Gasteiger partial charge in [0.2, 0.25) is 11.2 Å². The van der Waals surface area contributed by atoms with Crippen LogP contribution in [0.1, 0.15) is 43.5 Å². The molecular weight excluding hydrogens is 472 g/mol. The molecule has 4 aromatic rings. The lowest BCUT2D eigenvalue weighted by Crippen LogP contribution is -2.36. The summed E-state index contributed by atoms with van der Waals surface area (Å²) in [5, 5.41) is 1.28. The highest BCUT2D eigenvalue weighted by Gasteiger charge is 2.21. The van der Waals surface area contributed by atoms with E-state index in [0.29, 0.717) is 0 Å². The first-order chi connectivity index (χ1) is 19.3. The van der Waals surface area contributed by atoms with Gasteiger partial charge in [-0.25, -0.2) is 0 Å². The van der Waals surface area contributed by atoms with Gasteiger partial charge in [0, 0.05) is 41.5 Å². The minimum atomic E-state index is 0.939. The first-order valence-electron chi connectivity index (χ1n) is 14.1. The Hall–Kier alpha value is -4.43. The van der Waals surface area contributed by atoms with E-state index in [1.165, 1.54) is 55.8 Å². The third-order valence-corrected chi connectivity index (χ3v) is 7.86. The van der Waals surface area contributed by atoms with Gasteiger partial charge in [0.1, 0.15) is 6.54 Å². The van der Waals surface area contributed by atoms with Crippen molar-refractivity contribution >= 4 is 34.3 Å². The minimum absolute atomic E-state index is 0.939. The van der Waals surface area contributed by atoms with Crippen molar-refractivity contribution in [3.8, 4) is 0 Å². The SMILES string of the molecule is CCN1C(=CC=C2CCC(C=Cc3ccc4ccccc4[n+]3CC)=C2c2ccccc2)C=Cc2ccccc21. The Morgan fingerprint density at radius 2 is 1.54 bits per heavy atom.